The molecule has 8 heteroatoms. The van der Waals surface area contributed by atoms with Crippen LogP contribution in [0.4, 0.5) is 0 Å². The normalized spacial score (nSPS) is 13.6. The second-order valence-corrected chi connectivity index (χ2v) is 10.3. The molecule has 2 rings (SSSR count). The van der Waals surface area contributed by atoms with Crippen LogP contribution in [0.25, 0.3) is 0 Å². The lowest BCUT2D eigenvalue weighted by Gasteiger charge is -2.17. The van der Waals surface area contributed by atoms with E-state index in [0.717, 1.165) is 18.2 Å². The standard InChI is InChI=1S/C17H20BrNO4S2/c1-3-13(14-7-5-4-6-8-14)12-19-25(22,23)17-11-15(24(2,20)21)9-10-16(17)18/h4-11,13,19H,3,12H2,1-2H3. The topological polar surface area (TPSA) is 80.3 Å². The molecule has 0 aliphatic heterocycles. The minimum absolute atomic E-state index is 0.0350. The molecule has 0 saturated heterocycles. The summed E-state index contributed by atoms with van der Waals surface area (Å²) in [7, 11) is -7.34. The highest BCUT2D eigenvalue weighted by atomic mass is 79.9. The SMILES string of the molecule is CCC(CNS(=O)(=O)c1cc(S(C)(=O)=O)ccc1Br)c1ccccc1. The van der Waals surface area contributed by atoms with Gasteiger partial charge >= 0.3 is 0 Å². The van der Waals surface area contributed by atoms with E-state index in [-0.39, 0.29) is 22.3 Å². The molecule has 1 unspecified atom stereocenters. The quantitative estimate of drug-likeness (QED) is 0.708. The molecule has 136 valence electrons. The van der Waals surface area contributed by atoms with Gasteiger partial charge in [0.2, 0.25) is 10.0 Å². The molecule has 1 atom stereocenters. The van der Waals surface area contributed by atoms with Crippen molar-refractivity contribution in [1.82, 2.24) is 4.72 Å². The van der Waals surface area contributed by atoms with Crippen LogP contribution in [-0.2, 0) is 19.9 Å². The third kappa shape index (κ3) is 5.13. The van der Waals surface area contributed by atoms with Crippen molar-refractivity contribution in [2.24, 2.45) is 0 Å². The number of halogens is 1. The Bertz CT molecular complexity index is 942. The summed E-state index contributed by atoms with van der Waals surface area (Å²) in [6.07, 6.45) is 1.82. The Hall–Kier alpha value is -1.22. The number of hydrogen-bond acceptors (Lipinski definition) is 4. The molecule has 0 aliphatic carbocycles. The maximum absolute atomic E-state index is 12.6. The molecule has 0 bridgehead atoms. The van der Waals surface area contributed by atoms with Crippen LogP contribution in [0.1, 0.15) is 24.8 Å². The Morgan fingerprint density at radius 3 is 2.24 bits per heavy atom. The van der Waals surface area contributed by atoms with Crippen LogP contribution in [-0.4, -0.2) is 29.6 Å². The highest BCUT2D eigenvalue weighted by Crippen LogP contribution is 2.26. The Labute approximate surface area is 157 Å². The molecule has 0 heterocycles. The van der Waals surface area contributed by atoms with Gasteiger partial charge in [0.1, 0.15) is 0 Å². The van der Waals surface area contributed by atoms with Crippen LogP contribution in [0, 0.1) is 0 Å². The molecular formula is C17H20BrNO4S2. The van der Waals surface area contributed by atoms with Crippen molar-refractivity contribution in [3.8, 4) is 0 Å². The first-order valence-corrected chi connectivity index (χ1v) is 11.9. The van der Waals surface area contributed by atoms with Gasteiger partial charge in [-0.1, -0.05) is 37.3 Å². The molecule has 0 amide bonds. The molecule has 25 heavy (non-hydrogen) atoms. The first kappa shape index (κ1) is 20.1. The van der Waals surface area contributed by atoms with Crippen LogP contribution in [0.5, 0.6) is 0 Å². The second kappa shape index (κ2) is 7.99. The number of benzene rings is 2. The number of rotatable bonds is 7. The number of sulfone groups is 1. The molecular weight excluding hydrogens is 426 g/mol. The van der Waals surface area contributed by atoms with Gasteiger partial charge in [0, 0.05) is 17.3 Å². The van der Waals surface area contributed by atoms with Gasteiger partial charge in [-0.25, -0.2) is 21.6 Å². The van der Waals surface area contributed by atoms with E-state index in [4.69, 9.17) is 0 Å². The molecule has 0 radical (unpaired) electrons. The lowest BCUT2D eigenvalue weighted by molar-refractivity contribution is 0.565. The summed E-state index contributed by atoms with van der Waals surface area (Å²) >= 11 is 3.19. The Morgan fingerprint density at radius 1 is 1.04 bits per heavy atom. The first-order valence-electron chi connectivity index (χ1n) is 7.69. The number of hydrogen-bond donors (Lipinski definition) is 1. The van der Waals surface area contributed by atoms with Gasteiger partial charge in [-0.15, -0.1) is 0 Å². The number of sulfonamides is 1. The highest BCUT2D eigenvalue weighted by Gasteiger charge is 2.22. The van der Waals surface area contributed by atoms with Gasteiger partial charge in [0.05, 0.1) is 9.79 Å². The predicted molar refractivity (Wildman–Crippen MR) is 102 cm³/mol. The third-order valence-electron chi connectivity index (χ3n) is 3.90. The van der Waals surface area contributed by atoms with E-state index in [9.17, 15) is 16.8 Å². The van der Waals surface area contributed by atoms with Crippen molar-refractivity contribution in [3.05, 3.63) is 58.6 Å². The summed E-state index contributed by atoms with van der Waals surface area (Å²) in [4.78, 5) is -0.121. The molecule has 1 N–H and O–H groups in total. The Balaban J connectivity index is 2.27. The monoisotopic (exact) mass is 445 g/mol. The largest absolute Gasteiger partial charge is 0.241 e. The summed E-state index contributed by atoms with van der Waals surface area (Å²) < 4.78 is 51.6. The molecule has 0 aromatic heterocycles. The maximum atomic E-state index is 12.6. The second-order valence-electron chi connectivity index (χ2n) is 5.73. The average molecular weight is 446 g/mol. The van der Waals surface area contributed by atoms with Crippen LogP contribution >= 0.6 is 15.9 Å². The fraction of sp³-hybridized carbons (Fsp3) is 0.294. The molecule has 0 aliphatic rings. The summed E-state index contributed by atoms with van der Waals surface area (Å²) in [6, 6.07) is 13.6. The number of nitrogens with one attached hydrogen (secondary N) is 1. The van der Waals surface area contributed by atoms with Gasteiger partial charge in [-0.05, 0) is 52.0 Å². The molecule has 0 saturated carbocycles. The van der Waals surface area contributed by atoms with Gasteiger partial charge in [0.25, 0.3) is 0 Å². The van der Waals surface area contributed by atoms with Crippen LogP contribution in [0.15, 0.2) is 62.8 Å². The van der Waals surface area contributed by atoms with Crippen molar-refractivity contribution < 1.29 is 16.8 Å². The fourth-order valence-corrected chi connectivity index (χ4v) is 5.22. The smallest absolute Gasteiger partial charge is 0.224 e. The Kier molecular flexibility index (Phi) is 6.42. The average Bonchev–Trinajstić information content (AvgIpc) is 2.55. The van der Waals surface area contributed by atoms with Gasteiger partial charge < -0.3 is 0 Å². The predicted octanol–water partition coefficient (Wildman–Crippen LogP) is 3.32. The zero-order chi connectivity index (χ0) is 18.7. The zero-order valence-electron chi connectivity index (χ0n) is 13.9. The van der Waals surface area contributed by atoms with E-state index >= 15 is 0 Å². The molecule has 0 fully saturated rings. The van der Waals surface area contributed by atoms with Crippen molar-refractivity contribution in [1.29, 1.82) is 0 Å². The lowest BCUT2D eigenvalue weighted by Crippen LogP contribution is -2.29. The molecule has 5 nitrogen and oxygen atoms in total. The minimum Gasteiger partial charge on any atom is -0.224 e. The lowest BCUT2D eigenvalue weighted by atomic mass is 9.97. The van der Waals surface area contributed by atoms with E-state index in [2.05, 4.69) is 20.7 Å². The molecule has 2 aromatic rings. The van der Waals surface area contributed by atoms with Crippen LogP contribution in [0.3, 0.4) is 0 Å². The molecule has 2 aromatic carbocycles. The van der Waals surface area contributed by atoms with Crippen LogP contribution in [0.2, 0.25) is 0 Å². The van der Waals surface area contributed by atoms with E-state index in [1.54, 1.807) is 0 Å². The first-order chi connectivity index (χ1) is 11.6. The van der Waals surface area contributed by atoms with Gasteiger partial charge in [-0.3, -0.25) is 0 Å². The minimum atomic E-state index is -3.85. The van der Waals surface area contributed by atoms with Gasteiger partial charge in [0.15, 0.2) is 9.84 Å². The van der Waals surface area contributed by atoms with Crippen molar-refractivity contribution in [2.45, 2.75) is 29.1 Å². The zero-order valence-corrected chi connectivity index (χ0v) is 17.2. The summed E-state index contributed by atoms with van der Waals surface area (Å²) in [5, 5.41) is 0. The Morgan fingerprint density at radius 2 is 1.68 bits per heavy atom. The van der Waals surface area contributed by atoms with E-state index in [1.165, 1.54) is 18.2 Å². The van der Waals surface area contributed by atoms with E-state index in [0.29, 0.717) is 4.47 Å². The third-order valence-corrected chi connectivity index (χ3v) is 7.43. The summed E-state index contributed by atoms with van der Waals surface area (Å²) in [6.45, 7) is 2.23. The van der Waals surface area contributed by atoms with E-state index in [1.807, 2.05) is 37.3 Å². The maximum Gasteiger partial charge on any atom is 0.241 e. The molecule has 0 spiro atoms. The van der Waals surface area contributed by atoms with E-state index < -0.39 is 19.9 Å². The van der Waals surface area contributed by atoms with Crippen molar-refractivity contribution in [3.63, 3.8) is 0 Å². The van der Waals surface area contributed by atoms with Crippen molar-refractivity contribution in [2.75, 3.05) is 12.8 Å². The summed E-state index contributed by atoms with van der Waals surface area (Å²) in [5.41, 5.74) is 1.05. The van der Waals surface area contributed by atoms with Crippen LogP contribution < -0.4 is 4.72 Å². The van der Waals surface area contributed by atoms with Crippen molar-refractivity contribution >= 4 is 35.8 Å². The highest BCUT2D eigenvalue weighted by molar-refractivity contribution is 9.10. The summed E-state index contributed by atoms with van der Waals surface area (Å²) in [5.74, 6) is 0.0350. The fourth-order valence-electron chi connectivity index (χ4n) is 2.43. The van der Waals surface area contributed by atoms with Gasteiger partial charge in [-0.2, -0.15) is 0 Å².